The fourth-order valence-corrected chi connectivity index (χ4v) is 5.80. The number of anilines is 3. The van der Waals surface area contributed by atoms with Gasteiger partial charge in [0.25, 0.3) is 0 Å². The fourth-order valence-electron chi connectivity index (χ4n) is 5.80. The lowest BCUT2D eigenvalue weighted by molar-refractivity contribution is -0.125. The molecule has 0 saturated carbocycles. The van der Waals surface area contributed by atoms with E-state index in [2.05, 4.69) is 69.1 Å². The van der Waals surface area contributed by atoms with E-state index in [-0.39, 0.29) is 5.91 Å². The van der Waals surface area contributed by atoms with Gasteiger partial charge in [-0.1, -0.05) is 12.7 Å². The molecule has 228 valence electrons. The van der Waals surface area contributed by atoms with Crippen LogP contribution < -0.4 is 15.0 Å². The Morgan fingerprint density at radius 3 is 2.71 bits per heavy atom. The fraction of sp³-hybridized carbons (Fsp3) is 0.273. The molecule has 0 spiro atoms. The van der Waals surface area contributed by atoms with Gasteiger partial charge in [-0.15, -0.1) is 0 Å². The molecular formula is C33H34N10O2. The van der Waals surface area contributed by atoms with E-state index in [9.17, 15) is 4.79 Å². The Bertz CT molecular complexity index is 1960. The molecule has 2 aromatic carbocycles. The van der Waals surface area contributed by atoms with Crippen molar-refractivity contribution in [2.24, 2.45) is 0 Å². The maximum absolute atomic E-state index is 12.1. The van der Waals surface area contributed by atoms with Gasteiger partial charge in [-0.25, -0.2) is 24.5 Å². The zero-order valence-electron chi connectivity index (χ0n) is 25.5. The van der Waals surface area contributed by atoms with Crippen LogP contribution in [0.25, 0.3) is 22.1 Å². The predicted molar refractivity (Wildman–Crippen MR) is 174 cm³/mol. The maximum atomic E-state index is 12.1. The molecule has 1 amide bonds. The van der Waals surface area contributed by atoms with Crippen LogP contribution in [0.15, 0.2) is 74.1 Å². The smallest absolute Gasteiger partial charge is 0.246 e. The van der Waals surface area contributed by atoms with Crippen molar-refractivity contribution in [3.05, 3.63) is 85.2 Å². The van der Waals surface area contributed by atoms with Gasteiger partial charge < -0.3 is 24.8 Å². The van der Waals surface area contributed by atoms with Crippen molar-refractivity contribution < 1.29 is 9.53 Å². The first-order valence-electron chi connectivity index (χ1n) is 14.9. The van der Waals surface area contributed by atoms with Crippen molar-refractivity contribution in [3.63, 3.8) is 0 Å². The van der Waals surface area contributed by atoms with E-state index in [4.69, 9.17) is 14.7 Å². The van der Waals surface area contributed by atoms with E-state index >= 15 is 0 Å². The number of aromatic nitrogens is 6. The van der Waals surface area contributed by atoms with Crippen LogP contribution >= 0.6 is 0 Å². The maximum Gasteiger partial charge on any atom is 0.246 e. The number of ether oxygens (including phenoxy) is 1. The second kappa shape index (κ2) is 11.6. The molecule has 12 nitrogen and oxygen atoms in total. The van der Waals surface area contributed by atoms with Crippen LogP contribution in [0.1, 0.15) is 17.5 Å². The van der Waals surface area contributed by atoms with E-state index in [1.54, 1.807) is 23.2 Å². The molecule has 0 bridgehead atoms. The summed E-state index contributed by atoms with van der Waals surface area (Å²) in [6, 6.07) is 12.5. The summed E-state index contributed by atoms with van der Waals surface area (Å²) in [4.78, 5) is 36.5. The standard InChI is InChI=1S/C33H34N10O2/c1-5-31(44)41-10-8-22(9-11-41)23-13-26-32(27(14-23)42-16-25(17-42)40(3)4)33(36-18-34-26)39-24-6-7-28(21(2)12-24)45-30-15-29-35-19-38-43(29)20-37-30/h5-8,12-15,18-20,25H,1,9-11,16-17H2,2-4H3,(H,34,36,39). The minimum absolute atomic E-state index is 0.0388. The molecule has 3 aromatic heterocycles. The van der Waals surface area contributed by atoms with Crippen molar-refractivity contribution in [2.75, 3.05) is 50.5 Å². The van der Waals surface area contributed by atoms with Crippen LogP contribution in [0.5, 0.6) is 11.6 Å². The quantitative estimate of drug-likeness (QED) is 0.255. The topological polar surface area (TPSA) is 117 Å². The van der Waals surface area contributed by atoms with E-state index in [0.717, 1.165) is 58.7 Å². The van der Waals surface area contributed by atoms with Crippen molar-refractivity contribution in [1.29, 1.82) is 0 Å². The number of fused-ring (bicyclic) bond motifs is 2. The second-order valence-corrected chi connectivity index (χ2v) is 11.6. The number of amides is 1. The zero-order valence-corrected chi connectivity index (χ0v) is 25.5. The third-order valence-electron chi connectivity index (χ3n) is 8.52. The monoisotopic (exact) mass is 602 g/mol. The molecule has 5 heterocycles. The molecule has 7 rings (SSSR count). The number of rotatable bonds is 8. The highest BCUT2D eigenvalue weighted by Gasteiger charge is 2.31. The normalized spacial score (nSPS) is 15.3. The molecule has 2 aliphatic heterocycles. The number of hydrogen-bond acceptors (Lipinski definition) is 10. The minimum Gasteiger partial charge on any atom is -0.439 e. The van der Waals surface area contributed by atoms with E-state index in [1.165, 1.54) is 18.0 Å². The van der Waals surface area contributed by atoms with E-state index in [0.29, 0.717) is 36.4 Å². The summed E-state index contributed by atoms with van der Waals surface area (Å²) in [6.07, 6.45) is 8.95. The highest BCUT2D eigenvalue weighted by molar-refractivity contribution is 6.03. The van der Waals surface area contributed by atoms with Crippen LogP contribution in [-0.2, 0) is 4.79 Å². The summed E-state index contributed by atoms with van der Waals surface area (Å²) in [5.41, 5.74) is 6.78. The lowest BCUT2D eigenvalue weighted by Gasteiger charge is -2.45. The number of aryl methyl sites for hydroxylation is 1. The molecule has 1 fully saturated rings. The number of carbonyl (C=O) groups is 1. The molecule has 0 radical (unpaired) electrons. The highest BCUT2D eigenvalue weighted by atomic mass is 16.5. The lowest BCUT2D eigenvalue weighted by atomic mass is 9.95. The molecule has 45 heavy (non-hydrogen) atoms. The Kier molecular flexibility index (Phi) is 7.34. The third kappa shape index (κ3) is 5.55. The molecule has 2 aliphatic rings. The van der Waals surface area contributed by atoms with Crippen LogP contribution in [0.4, 0.5) is 17.2 Å². The number of nitrogens with one attached hydrogen (secondary N) is 1. The van der Waals surface area contributed by atoms with Crippen molar-refractivity contribution in [2.45, 2.75) is 19.4 Å². The number of likely N-dealkylation sites (N-methyl/N-ethyl adjacent to an activating group) is 1. The van der Waals surface area contributed by atoms with Gasteiger partial charge in [-0.3, -0.25) is 4.79 Å². The van der Waals surface area contributed by atoms with E-state index in [1.807, 2.05) is 30.0 Å². The summed E-state index contributed by atoms with van der Waals surface area (Å²) >= 11 is 0. The summed E-state index contributed by atoms with van der Waals surface area (Å²) in [6.45, 7) is 8.69. The van der Waals surface area contributed by atoms with Gasteiger partial charge in [0.05, 0.1) is 16.6 Å². The highest BCUT2D eigenvalue weighted by Crippen LogP contribution is 2.39. The molecular weight excluding hydrogens is 568 g/mol. The van der Waals surface area contributed by atoms with Gasteiger partial charge in [-0.05, 0) is 80.5 Å². The Hall–Kier alpha value is -5.36. The molecule has 1 N–H and O–H groups in total. The largest absolute Gasteiger partial charge is 0.439 e. The third-order valence-corrected chi connectivity index (χ3v) is 8.52. The summed E-state index contributed by atoms with van der Waals surface area (Å²) in [5.74, 6) is 1.84. The molecule has 1 saturated heterocycles. The van der Waals surface area contributed by atoms with Crippen molar-refractivity contribution in [3.8, 4) is 11.6 Å². The van der Waals surface area contributed by atoms with Crippen LogP contribution in [0, 0.1) is 6.92 Å². The SMILES string of the molecule is C=CC(=O)N1CC=C(c2cc(N3CC(N(C)C)C3)c3c(Nc4ccc(Oc5cc6ncnn6cn5)c(C)c4)ncnc3c2)CC1. The Morgan fingerprint density at radius 2 is 1.96 bits per heavy atom. The van der Waals surface area contributed by atoms with Gasteiger partial charge in [0.1, 0.15) is 30.5 Å². The lowest BCUT2D eigenvalue weighted by Crippen LogP contribution is -2.57. The second-order valence-electron chi connectivity index (χ2n) is 11.6. The molecule has 0 atom stereocenters. The van der Waals surface area contributed by atoms with E-state index < -0.39 is 0 Å². The van der Waals surface area contributed by atoms with Crippen LogP contribution in [0.2, 0.25) is 0 Å². The van der Waals surface area contributed by atoms with Gasteiger partial charge in [-0.2, -0.15) is 5.10 Å². The van der Waals surface area contributed by atoms with Gasteiger partial charge in [0, 0.05) is 44.0 Å². The van der Waals surface area contributed by atoms with Crippen LogP contribution in [0.3, 0.4) is 0 Å². The first-order chi connectivity index (χ1) is 21.9. The van der Waals surface area contributed by atoms with Crippen LogP contribution in [-0.4, -0.2) is 91.6 Å². The predicted octanol–water partition coefficient (Wildman–Crippen LogP) is 4.46. The molecule has 12 heteroatoms. The summed E-state index contributed by atoms with van der Waals surface area (Å²) in [5, 5.41) is 8.61. The molecule has 0 aliphatic carbocycles. The average molecular weight is 603 g/mol. The Labute approximate surface area is 260 Å². The Balaban J connectivity index is 1.20. The first-order valence-corrected chi connectivity index (χ1v) is 14.9. The minimum atomic E-state index is -0.0388. The summed E-state index contributed by atoms with van der Waals surface area (Å²) in [7, 11) is 4.24. The molecule has 5 aromatic rings. The molecule has 0 unspecified atom stereocenters. The van der Waals surface area contributed by atoms with Crippen molar-refractivity contribution in [1.82, 2.24) is 39.3 Å². The van der Waals surface area contributed by atoms with Gasteiger partial charge in [0.2, 0.25) is 11.8 Å². The van der Waals surface area contributed by atoms with Gasteiger partial charge >= 0.3 is 0 Å². The Morgan fingerprint density at radius 1 is 1.09 bits per heavy atom. The average Bonchev–Trinajstić information content (AvgIpc) is 3.49. The summed E-state index contributed by atoms with van der Waals surface area (Å²) < 4.78 is 7.66. The van der Waals surface area contributed by atoms with Crippen molar-refractivity contribution >= 4 is 45.2 Å². The zero-order chi connectivity index (χ0) is 31.1. The number of nitrogens with zero attached hydrogens (tertiary/aromatic N) is 9. The number of hydrogen-bond donors (Lipinski definition) is 1. The van der Waals surface area contributed by atoms with Gasteiger partial charge in [0.15, 0.2) is 5.65 Å². The number of carbonyl (C=O) groups excluding carboxylic acids is 1. The first kappa shape index (κ1) is 28.4. The number of benzene rings is 2.